The van der Waals surface area contributed by atoms with Gasteiger partial charge in [0.25, 0.3) is 0 Å². The van der Waals surface area contributed by atoms with Gasteiger partial charge < -0.3 is 24.7 Å². The van der Waals surface area contributed by atoms with Gasteiger partial charge in [-0.25, -0.2) is 14.8 Å². The first-order valence-corrected chi connectivity index (χ1v) is 13.1. The van der Waals surface area contributed by atoms with E-state index in [0.717, 1.165) is 35.1 Å². The first-order valence-electron chi connectivity index (χ1n) is 13.1. The average molecular weight is 556 g/mol. The Labute approximate surface area is 235 Å². The molecule has 12 nitrogen and oxygen atoms in total. The first-order chi connectivity index (χ1) is 19.9. The van der Waals surface area contributed by atoms with Gasteiger partial charge in [0.1, 0.15) is 11.6 Å². The van der Waals surface area contributed by atoms with Crippen molar-refractivity contribution >= 4 is 17.3 Å². The highest BCUT2D eigenvalue weighted by molar-refractivity contribution is 5.80. The van der Waals surface area contributed by atoms with E-state index < -0.39 is 6.09 Å². The van der Waals surface area contributed by atoms with Crippen LogP contribution in [0.15, 0.2) is 61.2 Å². The van der Waals surface area contributed by atoms with Crippen LogP contribution in [0.4, 0.5) is 4.79 Å². The molecule has 1 amide bonds. The number of carbonyl (C=O) groups is 1. The van der Waals surface area contributed by atoms with E-state index in [0.29, 0.717) is 41.0 Å². The highest BCUT2D eigenvalue weighted by atomic mass is 16.6. The Morgan fingerprint density at radius 3 is 2.54 bits per heavy atom. The number of methoxy groups -OCH3 is 2. The molecule has 41 heavy (non-hydrogen) atoms. The van der Waals surface area contributed by atoms with Crippen LogP contribution in [0.3, 0.4) is 0 Å². The molecule has 1 fully saturated rings. The van der Waals surface area contributed by atoms with Gasteiger partial charge in [-0.3, -0.25) is 9.25 Å². The summed E-state index contributed by atoms with van der Waals surface area (Å²) in [7, 11) is 5.04. The number of hydrogen-bond acceptors (Lipinski definition) is 9. The number of carbonyl (C=O) groups excluding carboxylic acids is 1. The molecule has 0 aliphatic heterocycles. The molecule has 210 valence electrons. The van der Waals surface area contributed by atoms with Gasteiger partial charge in [-0.05, 0) is 42.7 Å². The Balaban J connectivity index is 1.29. The Kier molecular flexibility index (Phi) is 6.88. The molecule has 1 unspecified atom stereocenters. The van der Waals surface area contributed by atoms with Crippen LogP contribution < -0.4 is 24.7 Å². The van der Waals surface area contributed by atoms with Gasteiger partial charge in [-0.15, -0.1) is 0 Å². The molecule has 4 aromatic heterocycles. The molecule has 1 aliphatic rings. The summed E-state index contributed by atoms with van der Waals surface area (Å²) in [6.07, 6.45) is 8.21. The summed E-state index contributed by atoms with van der Waals surface area (Å²) < 4.78 is 26.0. The predicted octanol–water partition coefficient (Wildman–Crippen LogP) is 4.28. The van der Waals surface area contributed by atoms with E-state index in [9.17, 15) is 4.79 Å². The summed E-state index contributed by atoms with van der Waals surface area (Å²) in [4.78, 5) is 25.1. The lowest BCUT2D eigenvalue weighted by Gasteiger charge is -2.21. The van der Waals surface area contributed by atoms with Gasteiger partial charge in [-0.2, -0.15) is 10.1 Å². The van der Waals surface area contributed by atoms with Crippen molar-refractivity contribution < 1.29 is 23.7 Å². The second-order valence-electron chi connectivity index (χ2n) is 9.87. The van der Waals surface area contributed by atoms with E-state index in [1.807, 2.05) is 49.6 Å². The van der Waals surface area contributed by atoms with Crippen LogP contribution in [0.1, 0.15) is 30.1 Å². The van der Waals surface area contributed by atoms with Crippen molar-refractivity contribution in [3.05, 3.63) is 72.3 Å². The monoisotopic (exact) mass is 555 g/mol. The molecule has 0 saturated heterocycles. The molecular weight excluding hydrogens is 526 g/mol. The van der Waals surface area contributed by atoms with Crippen LogP contribution in [-0.2, 0) is 13.6 Å². The lowest BCUT2D eigenvalue weighted by atomic mass is 10.1. The van der Waals surface area contributed by atoms with E-state index in [1.54, 1.807) is 42.1 Å². The maximum atomic E-state index is 11.7. The predicted molar refractivity (Wildman–Crippen MR) is 149 cm³/mol. The summed E-state index contributed by atoms with van der Waals surface area (Å²) in [6.45, 7) is 0.295. The number of nitrogens with zero attached hydrogens (tertiary/aromatic N) is 6. The summed E-state index contributed by atoms with van der Waals surface area (Å²) in [6, 6.07) is 11.4. The van der Waals surface area contributed by atoms with Crippen molar-refractivity contribution in [3.63, 3.8) is 0 Å². The maximum Gasteiger partial charge on any atom is 0.412 e. The van der Waals surface area contributed by atoms with Gasteiger partial charge >= 0.3 is 12.1 Å². The number of pyridine rings is 2. The second-order valence-corrected chi connectivity index (χ2v) is 9.87. The van der Waals surface area contributed by atoms with Crippen LogP contribution in [0.25, 0.3) is 22.3 Å². The molecule has 1 aromatic carbocycles. The van der Waals surface area contributed by atoms with Crippen molar-refractivity contribution in [3.8, 4) is 34.5 Å². The third-order valence-corrected chi connectivity index (χ3v) is 6.95. The lowest BCUT2D eigenvalue weighted by molar-refractivity contribution is 0.173. The van der Waals surface area contributed by atoms with E-state index in [1.165, 1.54) is 0 Å². The molecule has 1 aliphatic carbocycles. The summed E-state index contributed by atoms with van der Waals surface area (Å²) in [5.41, 5.74) is 10.00. The summed E-state index contributed by atoms with van der Waals surface area (Å²) in [5, 5.41) is 4.22. The number of nitrogens with two attached hydrogens (primary N) is 1. The molecule has 0 spiro atoms. The molecule has 0 radical (unpaired) electrons. The third-order valence-electron chi connectivity index (χ3n) is 6.95. The number of benzene rings is 1. The minimum atomic E-state index is -0.963. The number of aryl methyl sites for hydroxylation is 1. The van der Waals surface area contributed by atoms with Crippen molar-refractivity contribution in [2.75, 3.05) is 14.2 Å². The number of aromatic nitrogens is 6. The zero-order valence-electron chi connectivity index (χ0n) is 22.9. The zero-order chi connectivity index (χ0) is 28.5. The molecule has 5 aromatic rings. The minimum Gasteiger partial charge on any atom is -0.493 e. The number of primary amides is 1. The Morgan fingerprint density at radius 2 is 1.88 bits per heavy atom. The van der Waals surface area contributed by atoms with Crippen molar-refractivity contribution in [1.29, 1.82) is 0 Å². The van der Waals surface area contributed by atoms with E-state index in [4.69, 9.17) is 24.7 Å². The Bertz CT molecular complexity index is 1710. The van der Waals surface area contributed by atoms with Crippen molar-refractivity contribution in [1.82, 2.24) is 29.3 Å². The standard InChI is InChI=1S/C29H29N7O5/c1-35-16-21(14-33-35)20-11-22-27(32-13-20)36(29(34-22)41-28(30)37)15-17-4-8-23(24(10-17)38-2)40-26(18-5-6-18)19-7-9-25(39-3)31-12-19/h4,7-14,16,18,26H,5-6,15H2,1-3H3,(H2,30,37). The van der Waals surface area contributed by atoms with Crippen LogP contribution in [0.2, 0.25) is 0 Å². The number of imidazole rings is 1. The fourth-order valence-electron chi connectivity index (χ4n) is 4.77. The van der Waals surface area contributed by atoms with Crippen LogP contribution in [-0.4, -0.2) is 49.6 Å². The smallest absolute Gasteiger partial charge is 0.412 e. The minimum absolute atomic E-state index is 0.0448. The molecule has 0 bridgehead atoms. The fraction of sp³-hybridized carbons (Fsp3) is 0.276. The normalized spacial score (nSPS) is 13.6. The lowest BCUT2D eigenvalue weighted by Crippen LogP contribution is -2.19. The summed E-state index contributed by atoms with van der Waals surface area (Å²) in [5.74, 6) is 2.15. The number of rotatable bonds is 10. The molecule has 2 N–H and O–H groups in total. The van der Waals surface area contributed by atoms with Gasteiger partial charge in [-0.1, -0.05) is 6.07 Å². The highest BCUT2D eigenvalue weighted by Gasteiger charge is 2.35. The number of fused-ring (bicyclic) bond motifs is 1. The molecule has 6 rings (SSSR count). The zero-order valence-corrected chi connectivity index (χ0v) is 22.9. The highest BCUT2D eigenvalue weighted by Crippen LogP contribution is 2.45. The molecule has 1 saturated carbocycles. The van der Waals surface area contributed by atoms with Crippen molar-refractivity contribution in [2.45, 2.75) is 25.5 Å². The van der Waals surface area contributed by atoms with Gasteiger partial charge in [0, 0.05) is 54.3 Å². The van der Waals surface area contributed by atoms with Crippen molar-refractivity contribution in [2.24, 2.45) is 18.7 Å². The van der Waals surface area contributed by atoms with E-state index >= 15 is 0 Å². The largest absolute Gasteiger partial charge is 0.493 e. The quantitative estimate of drug-likeness (QED) is 0.267. The van der Waals surface area contributed by atoms with Gasteiger partial charge in [0.15, 0.2) is 17.1 Å². The van der Waals surface area contributed by atoms with Crippen LogP contribution >= 0.6 is 0 Å². The fourth-order valence-corrected chi connectivity index (χ4v) is 4.77. The van der Waals surface area contributed by atoms with Crippen LogP contribution in [0, 0.1) is 5.92 Å². The molecular formula is C29H29N7O5. The first kappa shape index (κ1) is 26.1. The topological polar surface area (TPSA) is 141 Å². The number of hydrogen-bond donors (Lipinski definition) is 1. The second kappa shape index (κ2) is 10.8. The average Bonchev–Trinajstić information content (AvgIpc) is 3.64. The third kappa shape index (κ3) is 5.49. The Morgan fingerprint density at radius 1 is 1.02 bits per heavy atom. The molecule has 4 heterocycles. The van der Waals surface area contributed by atoms with Gasteiger partial charge in [0.2, 0.25) is 5.88 Å². The van der Waals surface area contributed by atoms with Gasteiger partial charge in [0.05, 0.1) is 27.0 Å². The number of amides is 1. The molecule has 12 heteroatoms. The Hall–Kier alpha value is -5.13. The SMILES string of the molecule is COc1ccc(C(Oc2ccc(Cn3c(OC(N)=O)nc4cc(-c5cnn(C)c5)cnc43)cc2OC)C2CC2)cn1. The maximum absolute atomic E-state index is 11.7. The number of ether oxygens (including phenoxy) is 4. The van der Waals surface area contributed by atoms with E-state index in [-0.39, 0.29) is 12.1 Å². The van der Waals surface area contributed by atoms with E-state index in [2.05, 4.69) is 20.1 Å². The summed E-state index contributed by atoms with van der Waals surface area (Å²) >= 11 is 0. The molecule has 1 atom stereocenters. The van der Waals surface area contributed by atoms with Crippen LogP contribution in [0.5, 0.6) is 23.4 Å².